The Morgan fingerprint density at radius 3 is 2.50 bits per heavy atom. The van der Waals surface area contributed by atoms with Gasteiger partial charge in [-0.25, -0.2) is 0 Å². The highest BCUT2D eigenvalue weighted by molar-refractivity contribution is 7.78. The number of thiocarbonyl (C=S) groups is 1. The van der Waals surface area contributed by atoms with E-state index in [1.807, 2.05) is 6.07 Å². The first-order valence-corrected chi connectivity index (χ1v) is 2.40. The van der Waals surface area contributed by atoms with Gasteiger partial charge in [-0.1, -0.05) is 0 Å². The zero-order chi connectivity index (χ0) is 6.24. The summed E-state index contributed by atoms with van der Waals surface area (Å²) in [6.07, 6.45) is 3.46. The molecule has 0 aliphatic heterocycles. The average Bonchev–Trinajstić information content (AvgIpc) is 2.17. The monoisotopic (exact) mass is 130 g/mol. The van der Waals surface area contributed by atoms with Gasteiger partial charge in [-0.2, -0.15) is 5.10 Å². The van der Waals surface area contributed by atoms with Gasteiger partial charge in [0.05, 0.1) is 0 Å². The van der Waals surface area contributed by atoms with Crippen LogP contribution in [0.15, 0.2) is 18.5 Å². The van der Waals surface area contributed by atoms with Crippen molar-refractivity contribution < 1.29 is 5.11 Å². The van der Waals surface area contributed by atoms with Crippen molar-refractivity contribution in [2.75, 3.05) is 0 Å². The molecule has 0 unspecified atom stereocenters. The van der Waals surface area contributed by atoms with Gasteiger partial charge in [0, 0.05) is 12.4 Å². The number of hydrogen-bond donors (Lipinski definition) is 2. The fourth-order valence-corrected chi connectivity index (χ4v) is 0.215. The van der Waals surface area contributed by atoms with Crippen molar-refractivity contribution in [2.45, 2.75) is 0 Å². The van der Waals surface area contributed by atoms with E-state index in [-0.39, 0.29) is 0 Å². The summed E-state index contributed by atoms with van der Waals surface area (Å²) in [7, 11) is 0. The zero-order valence-electron chi connectivity index (χ0n) is 4.11. The van der Waals surface area contributed by atoms with Crippen LogP contribution in [0.4, 0.5) is 0 Å². The molecule has 8 heavy (non-hydrogen) atoms. The number of hydrogen-bond acceptors (Lipinski definition) is 2. The van der Waals surface area contributed by atoms with Gasteiger partial charge < -0.3 is 5.11 Å². The van der Waals surface area contributed by atoms with Crippen molar-refractivity contribution >= 4 is 17.8 Å². The summed E-state index contributed by atoms with van der Waals surface area (Å²) in [6.45, 7) is 0. The number of aromatic nitrogens is 2. The Hall–Kier alpha value is -0.900. The standard InChI is InChI=1S/C3H4N2.CH2OS/c1-2-4-5-3-1;2-1-3/h1-3H,(H,4,5);1H,(H,2,3). The van der Waals surface area contributed by atoms with E-state index in [1.54, 1.807) is 12.4 Å². The third-order valence-corrected chi connectivity index (χ3v) is 0.406. The lowest BCUT2D eigenvalue weighted by Crippen LogP contribution is -1.53. The van der Waals surface area contributed by atoms with Gasteiger partial charge in [0.15, 0.2) is 0 Å². The van der Waals surface area contributed by atoms with E-state index >= 15 is 0 Å². The highest BCUT2D eigenvalue weighted by atomic mass is 32.1. The first kappa shape index (κ1) is 7.10. The van der Waals surface area contributed by atoms with Crippen LogP contribution in [0.1, 0.15) is 0 Å². The predicted octanol–water partition coefficient (Wildman–Crippen LogP) is 0.911. The van der Waals surface area contributed by atoms with Gasteiger partial charge in [-0.05, 0) is 18.3 Å². The van der Waals surface area contributed by atoms with E-state index in [0.717, 1.165) is 0 Å². The van der Waals surface area contributed by atoms with Crippen LogP contribution in [-0.2, 0) is 0 Å². The summed E-state index contributed by atoms with van der Waals surface area (Å²) in [4.78, 5) is 0. The second-order valence-corrected chi connectivity index (χ2v) is 1.08. The number of aliphatic hydroxyl groups excluding tert-OH is 1. The molecule has 0 saturated heterocycles. The minimum Gasteiger partial charge on any atom is -0.504 e. The molecule has 0 aliphatic carbocycles. The smallest absolute Gasteiger partial charge is 0.142 e. The van der Waals surface area contributed by atoms with Crippen LogP contribution in [0.5, 0.6) is 0 Å². The van der Waals surface area contributed by atoms with Crippen molar-refractivity contribution in [3.8, 4) is 0 Å². The molecule has 0 saturated carbocycles. The minimum atomic E-state index is 0.583. The molecule has 0 atom stereocenters. The van der Waals surface area contributed by atoms with Gasteiger partial charge >= 0.3 is 0 Å². The molecule has 44 valence electrons. The third-order valence-electron chi connectivity index (χ3n) is 0.406. The second kappa shape index (κ2) is 6.10. The number of nitrogens with one attached hydrogen (secondary N) is 1. The Bertz CT molecular complexity index is 100. The van der Waals surface area contributed by atoms with Gasteiger partial charge in [0.1, 0.15) is 5.55 Å². The van der Waals surface area contributed by atoms with Gasteiger partial charge in [0.25, 0.3) is 0 Å². The molecule has 2 N–H and O–H groups in total. The molecule has 1 rings (SSSR count). The molecule has 1 heterocycles. The van der Waals surface area contributed by atoms with Crippen molar-refractivity contribution in [1.82, 2.24) is 10.2 Å². The van der Waals surface area contributed by atoms with Crippen LogP contribution < -0.4 is 0 Å². The Morgan fingerprint density at radius 2 is 2.38 bits per heavy atom. The van der Waals surface area contributed by atoms with Crippen molar-refractivity contribution in [3.05, 3.63) is 18.5 Å². The fourth-order valence-electron chi connectivity index (χ4n) is 0.215. The van der Waals surface area contributed by atoms with Crippen molar-refractivity contribution in [3.63, 3.8) is 0 Å². The lowest BCUT2D eigenvalue weighted by Gasteiger charge is -1.49. The van der Waals surface area contributed by atoms with Gasteiger partial charge in [-0.15, -0.1) is 0 Å². The normalized spacial score (nSPS) is 6.50. The first-order valence-electron chi connectivity index (χ1n) is 1.93. The van der Waals surface area contributed by atoms with Crippen LogP contribution in [-0.4, -0.2) is 20.9 Å². The van der Waals surface area contributed by atoms with E-state index in [4.69, 9.17) is 5.11 Å². The Morgan fingerprint density at radius 1 is 1.75 bits per heavy atom. The molecule has 1 aromatic heterocycles. The molecule has 0 fully saturated rings. The molecular formula is C4H6N2OS. The highest BCUT2D eigenvalue weighted by Gasteiger charge is 1.56. The lowest BCUT2D eigenvalue weighted by atomic mass is 10.8. The summed E-state index contributed by atoms with van der Waals surface area (Å²) >= 11 is 3.82. The van der Waals surface area contributed by atoms with E-state index in [1.165, 1.54) is 0 Å². The van der Waals surface area contributed by atoms with Gasteiger partial charge in [-0.3, -0.25) is 5.10 Å². The minimum absolute atomic E-state index is 0.583. The number of nitrogens with zero attached hydrogens (tertiary/aromatic N) is 1. The molecule has 0 amide bonds. The number of aromatic amines is 1. The van der Waals surface area contributed by atoms with E-state index in [2.05, 4.69) is 22.4 Å². The third kappa shape index (κ3) is 5.10. The summed E-state index contributed by atoms with van der Waals surface area (Å²) in [5, 5.41) is 13.5. The molecule has 0 bridgehead atoms. The quantitative estimate of drug-likeness (QED) is 0.513. The largest absolute Gasteiger partial charge is 0.504 e. The Kier molecular flexibility index (Phi) is 5.41. The van der Waals surface area contributed by atoms with E-state index < -0.39 is 0 Å². The molecule has 0 aliphatic rings. The topological polar surface area (TPSA) is 48.9 Å². The maximum atomic E-state index is 7.26. The second-order valence-electron chi connectivity index (χ2n) is 0.872. The summed E-state index contributed by atoms with van der Waals surface area (Å²) in [5.41, 5.74) is 0.583. The van der Waals surface area contributed by atoms with Crippen LogP contribution in [0.25, 0.3) is 0 Å². The van der Waals surface area contributed by atoms with Crippen molar-refractivity contribution in [2.24, 2.45) is 0 Å². The predicted molar refractivity (Wildman–Crippen MR) is 34.9 cm³/mol. The average molecular weight is 130 g/mol. The maximum absolute atomic E-state index is 7.26. The maximum Gasteiger partial charge on any atom is 0.142 e. The lowest BCUT2D eigenvalue weighted by molar-refractivity contribution is 0.594. The van der Waals surface area contributed by atoms with E-state index in [9.17, 15) is 0 Å². The first-order chi connectivity index (χ1) is 3.91. The van der Waals surface area contributed by atoms with Crippen molar-refractivity contribution in [1.29, 1.82) is 0 Å². The summed E-state index contributed by atoms with van der Waals surface area (Å²) < 4.78 is 0. The molecule has 1 aromatic rings. The molecule has 0 radical (unpaired) electrons. The van der Waals surface area contributed by atoms with E-state index in [0.29, 0.717) is 5.55 Å². The molecule has 0 aromatic carbocycles. The molecule has 4 heteroatoms. The van der Waals surface area contributed by atoms with Crippen LogP contribution >= 0.6 is 12.2 Å². The molecule has 0 spiro atoms. The number of H-pyrrole nitrogens is 1. The summed E-state index contributed by atoms with van der Waals surface area (Å²) in [6, 6.07) is 1.83. The Labute approximate surface area is 52.4 Å². The number of rotatable bonds is 0. The van der Waals surface area contributed by atoms with Crippen LogP contribution in [0.2, 0.25) is 0 Å². The zero-order valence-corrected chi connectivity index (χ0v) is 4.93. The molecule has 3 nitrogen and oxygen atoms in total. The van der Waals surface area contributed by atoms with Crippen LogP contribution in [0.3, 0.4) is 0 Å². The summed E-state index contributed by atoms with van der Waals surface area (Å²) in [5.74, 6) is 0. The highest BCUT2D eigenvalue weighted by Crippen LogP contribution is 1.64. The SMILES string of the molecule is OC=S.c1cn[nH]c1. The van der Waals surface area contributed by atoms with Gasteiger partial charge in [0.2, 0.25) is 0 Å². The number of aliphatic hydroxyl groups is 1. The molecular weight excluding hydrogens is 124 g/mol. The van der Waals surface area contributed by atoms with Crippen LogP contribution in [0, 0.1) is 0 Å². The Balaban J connectivity index is 0.000000145. The fraction of sp³-hybridized carbons (Fsp3) is 0.